The van der Waals surface area contributed by atoms with Gasteiger partial charge >= 0.3 is 0 Å². The molecule has 0 saturated heterocycles. The second-order valence-electron chi connectivity index (χ2n) is 3.39. The highest BCUT2D eigenvalue weighted by atomic mass is 32.2. The third kappa shape index (κ3) is 3.64. The zero-order valence-corrected chi connectivity index (χ0v) is 11.1. The Bertz CT molecular complexity index is 488. The lowest BCUT2D eigenvalue weighted by Crippen LogP contribution is -1.96. The summed E-state index contributed by atoms with van der Waals surface area (Å²) in [5, 5.41) is 1.64. The van der Waals surface area contributed by atoms with Crippen LogP contribution in [-0.2, 0) is 5.75 Å². The van der Waals surface area contributed by atoms with Gasteiger partial charge in [-0.1, -0.05) is 42.1 Å². The lowest BCUT2D eigenvalue weighted by atomic mass is 10.2. The molecule has 0 amide bonds. The SMILES string of the molecule is CSc1cc(N)nc(SCc2ccccc2)n1. The Morgan fingerprint density at radius 1 is 1.18 bits per heavy atom. The highest BCUT2D eigenvalue weighted by Crippen LogP contribution is 2.23. The van der Waals surface area contributed by atoms with Crippen molar-refractivity contribution in [1.29, 1.82) is 0 Å². The van der Waals surface area contributed by atoms with Crippen LogP contribution < -0.4 is 5.73 Å². The lowest BCUT2D eigenvalue weighted by Gasteiger charge is -2.03. The van der Waals surface area contributed by atoms with E-state index in [0.717, 1.165) is 15.9 Å². The first-order valence-corrected chi connectivity index (χ1v) is 7.34. The van der Waals surface area contributed by atoms with Crippen molar-refractivity contribution in [2.45, 2.75) is 15.9 Å². The van der Waals surface area contributed by atoms with Gasteiger partial charge in [-0.05, 0) is 11.8 Å². The zero-order valence-electron chi connectivity index (χ0n) is 9.46. The average molecular weight is 263 g/mol. The molecule has 0 bridgehead atoms. The number of nitrogen functional groups attached to an aromatic ring is 1. The molecule has 0 unspecified atom stereocenters. The Morgan fingerprint density at radius 2 is 1.94 bits per heavy atom. The maximum Gasteiger partial charge on any atom is 0.190 e. The summed E-state index contributed by atoms with van der Waals surface area (Å²) in [5.41, 5.74) is 6.98. The predicted octanol–water partition coefficient (Wildman–Crippen LogP) is 3.07. The minimum Gasteiger partial charge on any atom is -0.384 e. The van der Waals surface area contributed by atoms with E-state index in [2.05, 4.69) is 22.1 Å². The summed E-state index contributed by atoms with van der Waals surface area (Å²) in [6, 6.07) is 12.0. The first-order valence-electron chi connectivity index (χ1n) is 5.13. The van der Waals surface area contributed by atoms with Gasteiger partial charge < -0.3 is 5.73 Å². The van der Waals surface area contributed by atoms with E-state index in [-0.39, 0.29) is 0 Å². The Morgan fingerprint density at radius 3 is 2.65 bits per heavy atom. The van der Waals surface area contributed by atoms with Crippen molar-refractivity contribution >= 4 is 29.3 Å². The highest BCUT2D eigenvalue weighted by Gasteiger charge is 2.03. The molecule has 0 aliphatic rings. The standard InChI is InChI=1S/C12H13N3S2/c1-16-11-7-10(13)14-12(15-11)17-8-9-5-3-2-4-6-9/h2-7H,8H2,1H3,(H2,13,14,15). The van der Waals surface area contributed by atoms with Crippen molar-refractivity contribution in [3.8, 4) is 0 Å². The zero-order chi connectivity index (χ0) is 12.1. The van der Waals surface area contributed by atoms with Crippen LogP contribution in [0.2, 0.25) is 0 Å². The molecule has 0 saturated carbocycles. The molecule has 1 aromatic heterocycles. The fraction of sp³-hybridized carbons (Fsp3) is 0.167. The first kappa shape index (κ1) is 12.3. The monoisotopic (exact) mass is 263 g/mol. The minimum absolute atomic E-state index is 0.528. The molecule has 0 radical (unpaired) electrons. The Hall–Kier alpha value is -1.20. The van der Waals surface area contributed by atoms with Crippen molar-refractivity contribution in [2.75, 3.05) is 12.0 Å². The van der Waals surface area contributed by atoms with Gasteiger partial charge in [0, 0.05) is 11.8 Å². The van der Waals surface area contributed by atoms with E-state index in [1.165, 1.54) is 5.56 Å². The van der Waals surface area contributed by atoms with Gasteiger partial charge in [0.2, 0.25) is 0 Å². The number of rotatable bonds is 4. The fourth-order valence-electron chi connectivity index (χ4n) is 1.31. The second-order valence-corrected chi connectivity index (χ2v) is 5.16. The van der Waals surface area contributed by atoms with Crippen molar-refractivity contribution in [2.24, 2.45) is 0 Å². The van der Waals surface area contributed by atoms with E-state index in [0.29, 0.717) is 5.82 Å². The topological polar surface area (TPSA) is 51.8 Å². The molecule has 0 aliphatic carbocycles. The maximum atomic E-state index is 5.73. The molecule has 2 rings (SSSR count). The van der Waals surface area contributed by atoms with E-state index in [4.69, 9.17) is 5.73 Å². The summed E-state index contributed by atoms with van der Waals surface area (Å²) in [7, 11) is 0. The molecule has 3 nitrogen and oxygen atoms in total. The summed E-state index contributed by atoms with van der Waals surface area (Å²) in [6.07, 6.45) is 1.98. The van der Waals surface area contributed by atoms with E-state index < -0.39 is 0 Å². The summed E-state index contributed by atoms with van der Waals surface area (Å²) in [4.78, 5) is 8.62. The van der Waals surface area contributed by atoms with Gasteiger partial charge in [-0.25, -0.2) is 9.97 Å². The first-order chi connectivity index (χ1) is 8.28. The Kier molecular flexibility index (Phi) is 4.28. The molecule has 0 aliphatic heterocycles. The van der Waals surface area contributed by atoms with Crippen LogP contribution in [-0.4, -0.2) is 16.2 Å². The number of nitrogens with zero attached hydrogens (tertiary/aromatic N) is 2. The van der Waals surface area contributed by atoms with E-state index in [1.807, 2.05) is 24.5 Å². The van der Waals surface area contributed by atoms with Crippen LogP contribution in [0.4, 0.5) is 5.82 Å². The summed E-state index contributed by atoms with van der Waals surface area (Å²) >= 11 is 3.18. The molecule has 88 valence electrons. The number of hydrogen-bond donors (Lipinski definition) is 1. The molecule has 1 heterocycles. The van der Waals surface area contributed by atoms with Gasteiger partial charge in [-0.2, -0.15) is 0 Å². The summed E-state index contributed by atoms with van der Waals surface area (Å²) in [5.74, 6) is 1.39. The van der Waals surface area contributed by atoms with E-state index in [9.17, 15) is 0 Å². The maximum absolute atomic E-state index is 5.73. The van der Waals surface area contributed by atoms with Crippen LogP contribution in [0.25, 0.3) is 0 Å². The Labute approximate surface area is 109 Å². The van der Waals surface area contributed by atoms with Gasteiger partial charge in [-0.15, -0.1) is 11.8 Å². The molecule has 1 aromatic carbocycles. The molecule has 2 N–H and O–H groups in total. The molecule has 0 spiro atoms. The smallest absolute Gasteiger partial charge is 0.190 e. The van der Waals surface area contributed by atoms with Crippen molar-refractivity contribution < 1.29 is 0 Å². The lowest BCUT2D eigenvalue weighted by molar-refractivity contribution is 0.900. The summed E-state index contributed by atoms with van der Waals surface area (Å²) in [6.45, 7) is 0. The number of benzene rings is 1. The molecule has 5 heteroatoms. The number of thioether (sulfide) groups is 2. The molecule has 0 fully saturated rings. The number of aromatic nitrogens is 2. The van der Waals surface area contributed by atoms with Gasteiger partial charge in [0.25, 0.3) is 0 Å². The molecular weight excluding hydrogens is 250 g/mol. The van der Waals surface area contributed by atoms with Gasteiger partial charge in [0.15, 0.2) is 5.16 Å². The van der Waals surface area contributed by atoms with E-state index >= 15 is 0 Å². The van der Waals surface area contributed by atoms with Gasteiger partial charge in [0.1, 0.15) is 10.8 Å². The minimum atomic E-state index is 0.528. The third-order valence-corrected chi connectivity index (χ3v) is 3.67. The van der Waals surface area contributed by atoms with Crippen molar-refractivity contribution in [3.05, 3.63) is 42.0 Å². The quantitative estimate of drug-likeness (QED) is 0.522. The molecule has 17 heavy (non-hydrogen) atoms. The second kappa shape index (κ2) is 5.93. The van der Waals surface area contributed by atoms with Crippen molar-refractivity contribution in [1.82, 2.24) is 9.97 Å². The van der Waals surface area contributed by atoms with Crippen LogP contribution >= 0.6 is 23.5 Å². The summed E-state index contributed by atoms with van der Waals surface area (Å²) < 4.78 is 0. The van der Waals surface area contributed by atoms with Gasteiger partial charge in [0.05, 0.1) is 0 Å². The predicted molar refractivity (Wildman–Crippen MR) is 74.2 cm³/mol. The van der Waals surface area contributed by atoms with Gasteiger partial charge in [-0.3, -0.25) is 0 Å². The molecular formula is C12H13N3S2. The fourth-order valence-corrected chi connectivity index (χ4v) is 2.61. The van der Waals surface area contributed by atoms with Crippen LogP contribution in [0.5, 0.6) is 0 Å². The number of hydrogen-bond acceptors (Lipinski definition) is 5. The van der Waals surface area contributed by atoms with Crippen molar-refractivity contribution in [3.63, 3.8) is 0 Å². The molecule has 0 atom stereocenters. The average Bonchev–Trinajstić information content (AvgIpc) is 2.37. The normalized spacial score (nSPS) is 10.4. The largest absolute Gasteiger partial charge is 0.384 e. The highest BCUT2D eigenvalue weighted by molar-refractivity contribution is 7.99. The number of nitrogens with two attached hydrogens (primary N) is 1. The van der Waals surface area contributed by atoms with Crippen LogP contribution in [0.3, 0.4) is 0 Å². The van der Waals surface area contributed by atoms with Crippen LogP contribution in [0.1, 0.15) is 5.56 Å². The number of anilines is 1. The van der Waals surface area contributed by atoms with E-state index in [1.54, 1.807) is 29.6 Å². The Balaban J connectivity index is 2.06. The molecule has 2 aromatic rings. The van der Waals surface area contributed by atoms with Crippen LogP contribution in [0, 0.1) is 0 Å². The van der Waals surface area contributed by atoms with Crippen LogP contribution in [0.15, 0.2) is 46.6 Å². The third-order valence-electron chi connectivity index (χ3n) is 2.12.